The predicted molar refractivity (Wildman–Crippen MR) is 520 cm³/mol. The number of nitrogens with zero attached hydrogens (tertiary/aromatic N) is 4. The number of benzene rings is 22. The van der Waals surface area contributed by atoms with Gasteiger partial charge in [0.05, 0.1) is 0 Å². The molecule has 24 aromatic rings. The molecule has 0 bridgehead atoms. The summed E-state index contributed by atoms with van der Waals surface area (Å²) in [6.07, 6.45) is 0. The Hall–Kier alpha value is -16.5. The Morgan fingerprint density at radius 1 is 0.161 bits per heavy atom. The van der Waals surface area contributed by atoms with Crippen molar-refractivity contribution in [2.24, 2.45) is 0 Å². The molecule has 6 nitrogen and oxygen atoms in total. The van der Waals surface area contributed by atoms with E-state index < -0.39 is 0 Å². The Kier molecular flexibility index (Phi) is 17.2. The minimum Gasteiger partial charge on any atom is -0.436 e. The van der Waals surface area contributed by atoms with E-state index in [0.29, 0.717) is 11.8 Å². The molecule has 578 valence electrons. The van der Waals surface area contributed by atoms with Crippen molar-refractivity contribution in [1.82, 2.24) is 9.97 Å². The van der Waals surface area contributed by atoms with E-state index >= 15 is 0 Å². The zero-order chi connectivity index (χ0) is 81.7. The van der Waals surface area contributed by atoms with Crippen molar-refractivity contribution in [3.63, 3.8) is 0 Å². The molecule has 0 atom stereocenters. The van der Waals surface area contributed by atoms with Crippen LogP contribution in [0.3, 0.4) is 0 Å². The van der Waals surface area contributed by atoms with Crippen molar-refractivity contribution in [2.45, 2.75) is 0 Å². The Morgan fingerprint density at radius 2 is 0.540 bits per heavy atom. The minimum absolute atomic E-state index is 0.577. The van der Waals surface area contributed by atoms with E-state index in [1.807, 2.05) is 24.3 Å². The van der Waals surface area contributed by atoms with Gasteiger partial charge in [-0.15, -0.1) is 0 Å². The Morgan fingerprint density at radius 3 is 1.13 bits per heavy atom. The number of oxazole rings is 2. The second-order valence-corrected chi connectivity index (χ2v) is 32.3. The highest BCUT2D eigenvalue weighted by atomic mass is 16.4. The molecule has 2 aromatic heterocycles. The van der Waals surface area contributed by atoms with E-state index in [0.717, 1.165) is 177 Å². The van der Waals surface area contributed by atoms with Crippen LogP contribution in [0.25, 0.3) is 209 Å². The van der Waals surface area contributed by atoms with Crippen molar-refractivity contribution in [3.8, 4) is 101 Å². The molecule has 22 aromatic carbocycles. The first-order chi connectivity index (χ1) is 61.4. The highest BCUT2D eigenvalue weighted by Crippen LogP contribution is 2.48. The van der Waals surface area contributed by atoms with Crippen LogP contribution in [0.15, 0.2) is 458 Å². The molecule has 0 amide bonds. The summed E-state index contributed by atoms with van der Waals surface area (Å²) in [6, 6.07) is 163. The van der Waals surface area contributed by atoms with Crippen molar-refractivity contribution in [3.05, 3.63) is 449 Å². The van der Waals surface area contributed by atoms with E-state index in [9.17, 15) is 0 Å². The lowest BCUT2D eigenvalue weighted by Crippen LogP contribution is -2.10. The van der Waals surface area contributed by atoms with E-state index in [1.54, 1.807) is 0 Å². The van der Waals surface area contributed by atoms with E-state index in [2.05, 4.69) is 434 Å². The fourth-order valence-corrected chi connectivity index (χ4v) is 18.9. The zero-order valence-corrected chi connectivity index (χ0v) is 67.3. The molecule has 124 heavy (non-hydrogen) atoms. The molecule has 0 N–H and O–H groups in total. The first-order valence-corrected chi connectivity index (χ1v) is 42.3. The van der Waals surface area contributed by atoms with Crippen LogP contribution in [-0.4, -0.2) is 9.97 Å². The molecule has 0 fully saturated rings. The van der Waals surface area contributed by atoms with E-state index in [-0.39, 0.29) is 0 Å². The molecule has 0 unspecified atom stereocenters. The molecule has 0 saturated carbocycles. The third-order valence-corrected chi connectivity index (χ3v) is 25.0. The lowest BCUT2D eigenvalue weighted by atomic mass is 9.93. The minimum atomic E-state index is 0.577. The summed E-state index contributed by atoms with van der Waals surface area (Å²) in [5, 5.41) is 18.6. The molecule has 6 heteroatoms. The van der Waals surface area contributed by atoms with Gasteiger partial charge in [0, 0.05) is 61.6 Å². The number of aromatic nitrogens is 2. The monoisotopic (exact) mass is 1580 g/mol. The SMILES string of the molecule is c1ccc(-c2cccc(N(c3ccc(-c4cc5ccccc5c5ccccc45)cc3)c3ccc4ccc(-c5cc6cc(-c7ccc(-c8cccc(N(c9ccc(-c%10ccc(-c%11nc%12c(ccc%13ccccc%13%12)o%11)c%11ccccc%10%11)cc9)c9ccc(-c%10cc%11ccccc%11c%11ccccc%10%11)cc9)c8)cc7)ccc6c6nc(-c7ccccc7)oc56)cc4c3)c2)cc1. The van der Waals surface area contributed by atoms with Gasteiger partial charge in [-0.1, -0.05) is 322 Å². The molecule has 0 aliphatic carbocycles. The van der Waals surface area contributed by atoms with Crippen LogP contribution in [0.4, 0.5) is 34.1 Å². The maximum absolute atomic E-state index is 7.00. The summed E-state index contributed by atoms with van der Waals surface area (Å²) in [7, 11) is 0. The molecular formula is C118H74N4O2. The second-order valence-electron chi connectivity index (χ2n) is 32.3. The molecular weight excluding hydrogens is 1510 g/mol. The third-order valence-electron chi connectivity index (χ3n) is 25.0. The van der Waals surface area contributed by atoms with Gasteiger partial charge in [0.1, 0.15) is 11.0 Å². The number of hydrogen-bond donors (Lipinski definition) is 0. The number of anilines is 6. The maximum atomic E-state index is 7.00. The number of rotatable bonds is 15. The first kappa shape index (κ1) is 71.6. The van der Waals surface area contributed by atoms with Crippen LogP contribution < -0.4 is 9.80 Å². The van der Waals surface area contributed by atoms with Gasteiger partial charge in [-0.3, -0.25) is 0 Å². The van der Waals surface area contributed by atoms with Crippen molar-refractivity contribution >= 4 is 143 Å². The molecule has 0 spiro atoms. The normalized spacial score (nSPS) is 11.7. The van der Waals surface area contributed by atoms with Crippen molar-refractivity contribution in [1.29, 1.82) is 0 Å². The standard InChI is InChI=1S/C118H74N4O2/c1-3-21-75(22-4-1)84-28-19-31-96(69-84)122(94-60-52-82(53-61-94)111-73-88-27-9-11-33-99(88)104-36-15-18-40-108(104)111)97-62-47-78-45-46-89(68-90(78)71-97)112-74-91-67-86(54-63-102(91)115-116(112)124-117(120-115)83-24-5-2-6-25-83)77-43-41-76(42-44-77)85-29-20-30-95(70-85)121(93-58-50-81(51-59-93)110-72-87-26-8-10-32-98(87)103-35-14-17-39-107(103)110)92-56-48-80(49-57-92)100-64-65-109(106-38-16-13-37-105(100)106)118-119-114-101-34-12-7-23-79(101)55-66-113(114)123-118/h1-74H. The van der Waals surface area contributed by atoms with Crippen LogP contribution in [0.5, 0.6) is 0 Å². The van der Waals surface area contributed by atoms with Gasteiger partial charge in [0.2, 0.25) is 11.8 Å². The van der Waals surface area contributed by atoms with Gasteiger partial charge in [0.25, 0.3) is 0 Å². The number of fused-ring (bicyclic) bond motifs is 14. The van der Waals surface area contributed by atoms with E-state index in [4.69, 9.17) is 18.8 Å². The Bertz CT molecular complexity index is 8340. The van der Waals surface area contributed by atoms with E-state index in [1.165, 1.54) is 54.2 Å². The fourth-order valence-electron chi connectivity index (χ4n) is 18.9. The van der Waals surface area contributed by atoms with Crippen molar-refractivity contribution < 1.29 is 8.83 Å². The average molecular weight is 1580 g/mol. The average Bonchev–Trinajstić information content (AvgIpc) is 1.24. The van der Waals surface area contributed by atoms with Crippen LogP contribution in [-0.2, 0) is 0 Å². The summed E-state index contributed by atoms with van der Waals surface area (Å²) in [5.41, 5.74) is 27.0. The van der Waals surface area contributed by atoms with Gasteiger partial charge >= 0.3 is 0 Å². The topological polar surface area (TPSA) is 58.5 Å². The van der Waals surface area contributed by atoms with Gasteiger partial charge in [0.15, 0.2) is 11.2 Å². The van der Waals surface area contributed by atoms with Crippen LogP contribution in [0, 0.1) is 0 Å². The summed E-state index contributed by atoms with van der Waals surface area (Å²) in [5.74, 6) is 1.18. The van der Waals surface area contributed by atoms with Crippen LogP contribution in [0.2, 0.25) is 0 Å². The molecule has 24 rings (SSSR count). The lowest BCUT2D eigenvalue weighted by Gasteiger charge is -2.27. The Labute approximate surface area is 716 Å². The Balaban J connectivity index is 0.576. The molecule has 2 heterocycles. The van der Waals surface area contributed by atoms with Gasteiger partial charge < -0.3 is 18.6 Å². The van der Waals surface area contributed by atoms with Crippen molar-refractivity contribution in [2.75, 3.05) is 9.80 Å². The smallest absolute Gasteiger partial charge is 0.227 e. The zero-order valence-electron chi connectivity index (χ0n) is 67.3. The van der Waals surface area contributed by atoms with Gasteiger partial charge in [-0.05, 0) is 275 Å². The third kappa shape index (κ3) is 12.6. The number of hydrogen-bond acceptors (Lipinski definition) is 6. The quantitative estimate of drug-likeness (QED) is 0.0954. The first-order valence-electron chi connectivity index (χ1n) is 42.3. The molecule has 0 saturated heterocycles. The highest BCUT2D eigenvalue weighted by Gasteiger charge is 2.24. The summed E-state index contributed by atoms with van der Waals surface area (Å²) in [4.78, 5) is 15.3. The second kappa shape index (κ2) is 29.8. The largest absolute Gasteiger partial charge is 0.436 e. The summed E-state index contributed by atoms with van der Waals surface area (Å²) >= 11 is 0. The highest BCUT2D eigenvalue weighted by molar-refractivity contribution is 6.17. The lowest BCUT2D eigenvalue weighted by molar-refractivity contribution is 0.620. The van der Waals surface area contributed by atoms with Gasteiger partial charge in [-0.2, -0.15) is 0 Å². The predicted octanol–water partition coefficient (Wildman–Crippen LogP) is 33.1. The summed E-state index contributed by atoms with van der Waals surface area (Å²) in [6.45, 7) is 0. The molecule has 0 aliphatic heterocycles. The van der Waals surface area contributed by atoms with Crippen LogP contribution >= 0.6 is 0 Å². The summed E-state index contributed by atoms with van der Waals surface area (Å²) < 4.78 is 13.6. The van der Waals surface area contributed by atoms with Gasteiger partial charge in [-0.25, -0.2) is 9.97 Å². The molecule has 0 radical (unpaired) electrons. The van der Waals surface area contributed by atoms with Crippen LogP contribution in [0.1, 0.15) is 0 Å². The molecule has 0 aliphatic rings. The maximum Gasteiger partial charge on any atom is 0.227 e. The fraction of sp³-hybridized carbons (Fsp3) is 0.